The predicted molar refractivity (Wildman–Crippen MR) is 185 cm³/mol. The lowest BCUT2D eigenvalue weighted by molar-refractivity contribution is -0.117. The van der Waals surface area contributed by atoms with E-state index >= 15 is 0 Å². The van der Waals surface area contributed by atoms with Crippen LogP contribution < -0.4 is 10.6 Å². The van der Waals surface area contributed by atoms with Crippen LogP contribution in [0.25, 0.3) is 32.9 Å². The van der Waals surface area contributed by atoms with Gasteiger partial charge in [0.15, 0.2) is 11.6 Å². The molecule has 0 saturated carbocycles. The lowest BCUT2D eigenvalue weighted by atomic mass is 10.1. The lowest BCUT2D eigenvalue weighted by Crippen LogP contribution is -2.22. The molecule has 45 heavy (non-hydrogen) atoms. The van der Waals surface area contributed by atoms with Crippen molar-refractivity contribution >= 4 is 64.9 Å². The summed E-state index contributed by atoms with van der Waals surface area (Å²) < 4.78 is 7.55. The first-order valence-corrected chi connectivity index (χ1v) is 19.4. The van der Waals surface area contributed by atoms with Gasteiger partial charge in [-0.1, -0.05) is 57.2 Å². The topological polar surface area (TPSA) is 127 Å². The first-order chi connectivity index (χ1) is 21.6. The van der Waals surface area contributed by atoms with E-state index in [1.165, 1.54) is 0 Å². The molecule has 0 saturated heterocycles. The molecule has 3 aromatic heterocycles. The summed E-state index contributed by atoms with van der Waals surface area (Å²) in [5.74, 6) is 1.11. The van der Waals surface area contributed by atoms with Crippen LogP contribution in [0.2, 0.25) is 30.7 Å². The summed E-state index contributed by atoms with van der Waals surface area (Å²) in [4.78, 5) is 27.7. The van der Waals surface area contributed by atoms with Gasteiger partial charge in [-0.15, -0.1) is 0 Å². The van der Waals surface area contributed by atoms with E-state index in [4.69, 9.17) is 16.3 Å². The van der Waals surface area contributed by atoms with Crippen molar-refractivity contribution in [2.24, 2.45) is 0 Å². The number of fused-ring (bicyclic) bond motifs is 2. The molecule has 2 aromatic carbocycles. The van der Waals surface area contributed by atoms with Crippen LogP contribution in [0.5, 0.6) is 0 Å². The van der Waals surface area contributed by atoms with Gasteiger partial charge in [0.05, 0.1) is 11.0 Å². The number of ether oxygens (including phenoxy) is 1. The first kappa shape index (κ1) is 33.8. The summed E-state index contributed by atoms with van der Waals surface area (Å²) >= 11 is 6.11. The monoisotopic (exact) mass is 647 g/mol. The largest absolute Gasteiger partial charge is 0.360 e. The van der Waals surface area contributed by atoms with Crippen LogP contribution >= 0.6 is 11.6 Å². The van der Waals surface area contributed by atoms with E-state index in [9.17, 15) is 9.59 Å². The quantitative estimate of drug-likeness (QED) is 0.0927. The maximum atomic E-state index is 11.9. The SMILES string of the molecule is CCCC(=O)Nc1n[nH]c2cc(-c3cccnc3)ccc12.CCCC(=O)Nc1nn(COCC[Si](C)(C)C)c2cc(Cl)ccc12. The van der Waals surface area contributed by atoms with Crippen LogP contribution in [0.4, 0.5) is 11.6 Å². The zero-order chi connectivity index (χ0) is 32.4. The number of carbonyl (C=O) groups is 2. The molecule has 0 aliphatic heterocycles. The highest BCUT2D eigenvalue weighted by atomic mass is 35.5. The van der Waals surface area contributed by atoms with Crippen LogP contribution in [0.1, 0.15) is 39.5 Å². The minimum atomic E-state index is -1.12. The summed E-state index contributed by atoms with van der Waals surface area (Å²) in [6.45, 7) is 12.0. The number of hydrogen-bond acceptors (Lipinski definition) is 6. The van der Waals surface area contributed by atoms with E-state index in [2.05, 4.69) is 50.6 Å². The highest BCUT2D eigenvalue weighted by Crippen LogP contribution is 2.28. The number of halogens is 1. The third-order valence-electron chi connectivity index (χ3n) is 6.95. The van der Waals surface area contributed by atoms with Gasteiger partial charge < -0.3 is 15.4 Å². The molecule has 3 N–H and O–H groups in total. The maximum absolute atomic E-state index is 11.9. The standard InChI is InChI=1S/C17H26ClN3O2Si.C16H16N4O/c1-5-6-16(22)19-17-14-8-7-13(18)11-15(14)21(20-17)12-23-9-10-24(2,3)4;1-2-4-15(21)18-16-13-7-6-11(9-14(13)19-20-16)12-5-3-8-17-10-12/h7-8,11H,5-6,9-10,12H2,1-4H3,(H,19,20,22);3,5-10H,2,4H2,1H3,(H2,18,19,20,21). The number of anilines is 2. The molecule has 12 heteroatoms. The van der Waals surface area contributed by atoms with Crippen LogP contribution in [0.15, 0.2) is 60.9 Å². The Kier molecular flexibility index (Phi) is 11.9. The minimum Gasteiger partial charge on any atom is -0.360 e. The van der Waals surface area contributed by atoms with Gasteiger partial charge >= 0.3 is 0 Å². The second-order valence-electron chi connectivity index (χ2n) is 12.0. The fourth-order valence-corrected chi connectivity index (χ4v) is 5.46. The molecule has 5 rings (SSSR count). The molecule has 3 heterocycles. The van der Waals surface area contributed by atoms with Gasteiger partial charge in [-0.05, 0) is 60.8 Å². The molecular formula is C33H42ClN7O3Si. The Labute approximate surface area is 269 Å². The molecule has 2 amide bonds. The smallest absolute Gasteiger partial charge is 0.225 e. The van der Waals surface area contributed by atoms with E-state index in [0.29, 0.717) is 36.2 Å². The van der Waals surface area contributed by atoms with E-state index in [1.54, 1.807) is 16.9 Å². The number of aromatic nitrogens is 5. The van der Waals surface area contributed by atoms with E-state index in [-0.39, 0.29) is 11.8 Å². The molecule has 0 atom stereocenters. The van der Waals surface area contributed by atoms with Gasteiger partial charge in [-0.3, -0.25) is 19.7 Å². The van der Waals surface area contributed by atoms with Gasteiger partial charge in [0.1, 0.15) is 6.73 Å². The van der Waals surface area contributed by atoms with Crippen LogP contribution in [0.3, 0.4) is 0 Å². The normalized spacial score (nSPS) is 11.3. The number of nitrogens with zero attached hydrogens (tertiary/aromatic N) is 4. The number of amides is 2. The Hall–Kier alpha value is -4.06. The molecule has 0 bridgehead atoms. The third kappa shape index (κ3) is 9.71. The second kappa shape index (κ2) is 15.8. The molecule has 10 nitrogen and oxygen atoms in total. The Bertz CT molecular complexity index is 1730. The number of pyridine rings is 1. The molecular weight excluding hydrogens is 606 g/mol. The Morgan fingerprint density at radius 2 is 1.64 bits per heavy atom. The molecule has 0 radical (unpaired) electrons. The fourth-order valence-electron chi connectivity index (χ4n) is 4.54. The summed E-state index contributed by atoms with van der Waals surface area (Å²) in [5.41, 5.74) is 3.86. The molecule has 0 unspecified atom stereocenters. The molecule has 5 aromatic rings. The van der Waals surface area contributed by atoms with Crippen LogP contribution in [0, 0.1) is 0 Å². The van der Waals surface area contributed by atoms with E-state index in [1.807, 2.05) is 62.5 Å². The lowest BCUT2D eigenvalue weighted by Gasteiger charge is -2.15. The maximum Gasteiger partial charge on any atom is 0.225 e. The van der Waals surface area contributed by atoms with Crippen molar-refractivity contribution in [3.8, 4) is 11.1 Å². The third-order valence-corrected chi connectivity index (χ3v) is 8.89. The number of rotatable bonds is 12. The van der Waals surface area contributed by atoms with Crippen molar-refractivity contribution in [2.75, 3.05) is 17.2 Å². The molecule has 0 spiro atoms. The fraction of sp³-hybridized carbons (Fsp3) is 0.364. The van der Waals surface area contributed by atoms with Gasteiger partial charge in [0.25, 0.3) is 0 Å². The first-order valence-electron chi connectivity index (χ1n) is 15.3. The van der Waals surface area contributed by atoms with E-state index in [0.717, 1.165) is 58.4 Å². The summed E-state index contributed by atoms with van der Waals surface area (Å²) in [6, 6.07) is 16.5. The zero-order valence-electron chi connectivity index (χ0n) is 26.6. The molecule has 0 aliphatic carbocycles. The summed E-state index contributed by atoms with van der Waals surface area (Å²) in [6.07, 6.45) is 6.17. The van der Waals surface area contributed by atoms with E-state index < -0.39 is 8.07 Å². The van der Waals surface area contributed by atoms with Crippen molar-refractivity contribution in [1.29, 1.82) is 0 Å². The minimum absolute atomic E-state index is 0.0118. The van der Waals surface area contributed by atoms with Crippen LogP contribution in [-0.4, -0.2) is 51.5 Å². The highest BCUT2D eigenvalue weighted by molar-refractivity contribution is 6.76. The predicted octanol–water partition coefficient (Wildman–Crippen LogP) is 8.10. The number of carbonyl (C=O) groups excluding carboxylic acids is 2. The van der Waals surface area contributed by atoms with Crippen molar-refractivity contribution in [3.05, 3.63) is 65.9 Å². The number of nitrogens with one attached hydrogen (secondary N) is 3. The summed E-state index contributed by atoms with van der Waals surface area (Å²) in [5, 5.41) is 19.8. The van der Waals surface area contributed by atoms with Crippen LogP contribution in [-0.2, 0) is 21.1 Å². The number of benzene rings is 2. The number of aromatic amines is 1. The van der Waals surface area contributed by atoms with Gasteiger partial charge in [-0.2, -0.15) is 10.2 Å². The van der Waals surface area contributed by atoms with Gasteiger partial charge in [-0.25, -0.2) is 4.68 Å². The van der Waals surface area contributed by atoms with Gasteiger partial charge in [0, 0.05) is 61.3 Å². The number of H-pyrrole nitrogens is 1. The Balaban J connectivity index is 0.000000206. The van der Waals surface area contributed by atoms with Gasteiger partial charge in [0.2, 0.25) is 11.8 Å². The molecule has 0 aliphatic rings. The molecule has 0 fully saturated rings. The number of hydrogen-bond donors (Lipinski definition) is 3. The van der Waals surface area contributed by atoms with Crippen molar-refractivity contribution in [3.63, 3.8) is 0 Å². The Morgan fingerprint density at radius 3 is 2.31 bits per heavy atom. The van der Waals surface area contributed by atoms with Crippen molar-refractivity contribution in [2.45, 2.75) is 71.9 Å². The highest BCUT2D eigenvalue weighted by Gasteiger charge is 2.15. The van der Waals surface area contributed by atoms with Crippen molar-refractivity contribution in [1.82, 2.24) is 25.0 Å². The van der Waals surface area contributed by atoms with Crippen molar-refractivity contribution < 1.29 is 14.3 Å². The Morgan fingerprint density at radius 1 is 0.933 bits per heavy atom. The average Bonchev–Trinajstić information content (AvgIpc) is 3.55. The second-order valence-corrected chi connectivity index (χ2v) is 18.1. The molecule has 238 valence electrons. The average molecular weight is 648 g/mol. The zero-order valence-corrected chi connectivity index (χ0v) is 28.4. The summed E-state index contributed by atoms with van der Waals surface area (Å²) in [7, 11) is -1.12.